The largest absolute Gasteiger partial charge is 0.490 e. The van der Waals surface area contributed by atoms with Crippen LogP contribution in [0.25, 0.3) is 0 Å². The van der Waals surface area contributed by atoms with E-state index in [2.05, 4.69) is 10.5 Å². The van der Waals surface area contributed by atoms with E-state index in [4.69, 9.17) is 15.0 Å². The maximum Gasteiger partial charge on any atom is 0.167 e. The lowest BCUT2D eigenvalue weighted by atomic mass is 10.2. The lowest BCUT2D eigenvalue weighted by Gasteiger charge is -2.13. The number of aromatic nitrogens is 1. The number of anilines is 2. The molecule has 3 N–H and O–H groups in total. The first-order chi connectivity index (χ1) is 10.0. The fourth-order valence-corrected chi connectivity index (χ4v) is 1.98. The standard InChI is InChI=1S/C15H20FN3O2/c1-4-5-20-15-7-14(13(17)6-12(15)16)18-8-11-9(2)19-21-10(11)3/h6-7,18H,4-5,8,17H2,1-3H3. The van der Waals surface area contributed by atoms with Gasteiger partial charge in [0.15, 0.2) is 11.6 Å². The van der Waals surface area contributed by atoms with E-state index in [1.165, 1.54) is 6.07 Å². The van der Waals surface area contributed by atoms with Crippen molar-refractivity contribution in [1.29, 1.82) is 0 Å². The number of nitrogens with one attached hydrogen (secondary N) is 1. The summed E-state index contributed by atoms with van der Waals surface area (Å²) < 4.78 is 24.2. The van der Waals surface area contributed by atoms with Crippen molar-refractivity contribution in [2.75, 3.05) is 17.7 Å². The molecule has 0 saturated heterocycles. The monoisotopic (exact) mass is 293 g/mol. The second-order valence-electron chi connectivity index (χ2n) is 4.87. The average Bonchev–Trinajstić information content (AvgIpc) is 2.76. The molecular weight excluding hydrogens is 273 g/mol. The summed E-state index contributed by atoms with van der Waals surface area (Å²) in [6.45, 7) is 6.65. The van der Waals surface area contributed by atoms with E-state index in [0.717, 1.165) is 23.4 Å². The Labute approximate surface area is 123 Å². The van der Waals surface area contributed by atoms with Gasteiger partial charge < -0.3 is 20.3 Å². The van der Waals surface area contributed by atoms with Gasteiger partial charge in [0.25, 0.3) is 0 Å². The molecule has 114 valence electrons. The Hall–Kier alpha value is -2.24. The van der Waals surface area contributed by atoms with Crippen LogP contribution in [0.4, 0.5) is 15.8 Å². The zero-order valence-corrected chi connectivity index (χ0v) is 12.5. The molecule has 0 radical (unpaired) electrons. The van der Waals surface area contributed by atoms with Crippen LogP contribution < -0.4 is 15.8 Å². The number of benzene rings is 1. The van der Waals surface area contributed by atoms with Gasteiger partial charge in [-0.25, -0.2) is 4.39 Å². The summed E-state index contributed by atoms with van der Waals surface area (Å²) in [5, 5.41) is 7.06. The summed E-state index contributed by atoms with van der Waals surface area (Å²) in [6, 6.07) is 2.85. The minimum Gasteiger partial charge on any atom is -0.490 e. The third-order valence-corrected chi connectivity index (χ3v) is 3.20. The van der Waals surface area contributed by atoms with Gasteiger partial charge in [-0.1, -0.05) is 12.1 Å². The molecule has 0 saturated carbocycles. The number of hydrogen-bond donors (Lipinski definition) is 2. The highest BCUT2D eigenvalue weighted by Gasteiger charge is 2.12. The van der Waals surface area contributed by atoms with E-state index in [0.29, 0.717) is 24.5 Å². The molecule has 6 heteroatoms. The summed E-state index contributed by atoms with van der Waals surface area (Å²) in [7, 11) is 0. The molecule has 0 fully saturated rings. The maximum atomic E-state index is 13.7. The first-order valence-electron chi connectivity index (χ1n) is 6.90. The second kappa shape index (κ2) is 6.47. The highest BCUT2D eigenvalue weighted by Crippen LogP contribution is 2.29. The Kier molecular flexibility index (Phi) is 4.67. The van der Waals surface area contributed by atoms with Gasteiger partial charge in [0.2, 0.25) is 0 Å². The molecule has 0 aliphatic carbocycles. The minimum atomic E-state index is -0.455. The third kappa shape index (κ3) is 3.45. The van der Waals surface area contributed by atoms with Gasteiger partial charge in [0.1, 0.15) is 5.76 Å². The van der Waals surface area contributed by atoms with Gasteiger partial charge in [-0.2, -0.15) is 0 Å². The van der Waals surface area contributed by atoms with Crippen LogP contribution in [0.2, 0.25) is 0 Å². The highest BCUT2D eigenvalue weighted by molar-refractivity contribution is 5.68. The number of nitrogens with two attached hydrogens (primary N) is 1. The molecular formula is C15H20FN3O2. The van der Waals surface area contributed by atoms with E-state index in [-0.39, 0.29) is 5.75 Å². The van der Waals surface area contributed by atoms with Crippen molar-refractivity contribution in [3.8, 4) is 5.75 Å². The Morgan fingerprint density at radius 1 is 1.38 bits per heavy atom. The van der Waals surface area contributed by atoms with Crippen LogP contribution in [-0.2, 0) is 6.54 Å². The molecule has 0 bridgehead atoms. The van der Waals surface area contributed by atoms with E-state index >= 15 is 0 Å². The number of halogens is 1. The first-order valence-corrected chi connectivity index (χ1v) is 6.90. The summed E-state index contributed by atoms with van der Waals surface area (Å²) in [5.74, 6) is 0.499. The normalized spacial score (nSPS) is 10.7. The highest BCUT2D eigenvalue weighted by atomic mass is 19.1. The molecule has 0 atom stereocenters. The van der Waals surface area contributed by atoms with Crippen molar-refractivity contribution in [1.82, 2.24) is 5.16 Å². The van der Waals surface area contributed by atoms with E-state index < -0.39 is 5.82 Å². The van der Waals surface area contributed by atoms with Crippen molar-refractivity contribution in [2.45, 2.75) is 33.7 Å². The Bertz CT molecular complexity index is 606. The predicted molar refractivity (Wildman–Crippen MR) is 79.9 cm³/mol. The number of rotatable bonds is 6. The van der Waals surface area contributed by atoms with Gasteiger partial charge in [0.05, 0.1) is 23.7 Å². The predicted octanol–water partition coefficient (Wildman–Crippen LogP) is 3.41. The van der Waals surface area contributed by atoms with Crippen molar-refractivity contribution < 1.29 is 13.7 Å². The topological polar surface area (TPSA) is 73.3 Å². The van der Waals surface area contributed by atoms with Crippen LogP contribution >= 0.6 is 0 Å². The van der Waals surface area contributed by atoms with E-state index in [1.54, 1.807) is 6.07 Å². The SMILES string of the molecule is CCCOc1cc(NCc2c(C)noc2C)c(N)cc1F. The number of hydrogen-bond acceptors (Lipinski definition) is 5. The fourth-order valence-electron chi connectivity index (χ4n) is 1.98. The quantitative estimate of drug-likeness (QED) is 0.798. The molecule has 1 aromatic heterocycles. The Morgan fingerprint density at radius 2 is 2.14 bits per heavy atom. The molecule has 5 nitrogen and oxygen atoms in total. The zero-order valence-electron chi connectivity index (χ0n) is 12.5. The first kappa shape index (κ1) is 15.2. The van der Waals surface area contributed by atoms with Crippen molar-refractivity contribution in [2.24, 2.45) is 0 Å². The van der Waals surface area contributed by atoms with Crippen LogP contribution in [0.3, 0.4) is 0 Å². The van der Waals surface area contributed by atoms with Crippen LogP contribution in [0.1, 0.15) is 30.4 Å². The van der Waals surface area contributed by atoms with Gasteiger partial charge in [-0.05, 0) is 20.3 Å². The van der Waals surface area contributed by atoms with Crippen molar-refractivity contribution in [3.63, 3.8) is 0 Å². The molecule has 0 aliphatic rings. The lowest BCUT2D eigenvalue weighted by Crippen LogP contribution is -2.06. The summed E-state index contributed by atoms with van der Waals surface area (Å²) in [6.07, 6.45) is 0.811. The number of nitrogens with zero attached hydrogens (tertiary/aromatic N) is 1. The molecule has 2 aromatic rings. The lowest BCUT2D eigenvalue weighted by molar-refractivity contribution is 0.301. The van der Waals surface area contributed by atoms with Gasteiger partial charge in [-0.3, -0.25) is 0 Å². The summed E-state index contributed by atoms with van der Waals surface area (Å²) in [4.78, 5) is 0. The maximum absolute atomic E-state index is 13.7. The van der Waals surface area contributed by atoms with E-state index in [1.807, 2.05) is 20.8 Å². The summed E-state index contributed by atoms with van der Waals surface area (Å²) in [5.41, 5.74) is 8.59. The second-order valence-corrected chi connectivity index (χ2v) is 4.87. The summed E-state index contributed by atoms with van der Waals surface area (Å²) >= 11 is 0. The van der Waals surface area contributed by atoms with Gasteiger partial charge >= 0.3 is 0 Å². The fraction of sp³-hybridized carbons (Fsp3) is 0.400. The Morgan fingerprint density at radius 3 is 2.76 bits per heavy atom. The molecule has 2 rings (SSSR count). The van der Waals surface area contributed by atoms with Crippen LogP contribution in [-0.4, -0.2) is 11.8 Å². The number of ether oxygens (including phenoxy) is 1. The molecule has 0 aliphatic heterocycles. The molecule has 1 aromatic carbocycles. The van der Waals surface area contributed by atoms with Crippen LogP contribution in [0.5, 0.6) is 5.75 Å². The van der Waals surface area contributed by atoms with Crippen LogP contribution in [0, 0.1) is 19.7 Å². The molecule has 0 spiro atoms. The zero-order chi connectivity index (χ0) is 15.4. The number of nitrogen functional groups attached to an aromatic ring is 1. The van der Waals surface area contributed by atoms with Crippen molar-refractivity contribution in [3.05, 3.63) is 35.0 Å². The minimum absolute atomic E-state index is 0.201. The molecule has 0 unspecified atom stereocenters. The van der Waals surface area contributed by atoms with Gasteiger partial charge in [0, 0.05) is 24.2 Å². The third-order valence-electron chi connectivity index (χ3n) is 3.20. The Balaban J connectivity index is 2.16. The van der Waals surface area contributed by atoms with Crippen molar-refractivity contribution >= 4 is 11.4 Å². The average molecular weight is 293 g/mol. The van der Waals surface area contributed by atoms with E-state index in [9.17, 15) is 4.39 Å². The number of aryl methyl sites for hydroxylation is 2. The van der Waals surface area contributed by atoms with Gasteiger partial charge in [-0.15, -0.1) is 0 Å². The molecule has 1 heterocycles. The molecule has 0 amide bonds. The molecule has 21 heavy (non-hydrogen) atoms. The smallest absolute Gasteiger partial charge is 0.167 e. The van der Waals surface area contributed by atoms with Crippen LogP contribution in [0.15, 0.2) is 16.7 Å².